The van der Waals surface area contributed by atoms with E-state index in [1.807, 2.05) is 12.1 Å². The average molecular weight is 250 g/mol. The summed E-state index contributed by atoms with van der Waals surface area (Å²) in [6.45, 7) is 0. The monoisotopic (exact) mass is 250 g/mol. The lowest BCUT2D eigenvalue weighted by Crippen LogP contribution is -2.21. The number of anilines is 1. The third-order valence-corrected chi connectivity index (χ3v) is 3.18. The number of hydrogen-bond acceptors (Lipinski definition) is 3. The van der Waals surface area contributed by atoms with Gasteiger partial charge in [-0.15, -0.1) is 11.3 Å². The highest BCUT2D eigenvalue weighted by Gasteiger charge is 2.16. The molecule has 0 aliphatic carbocycles. The van der Waals surface area contributed by atoms with Crippen LogP contribution in [-0.4, -0.2) is 16.9 Å². The van der Waals surface area contributed by atoms with Crippen LogP contribution in [0.5, 0.6) is 0 Å². The molecule has 0 fully saturated rings. The van der Waals surface area contributed by atoms with Crippen LogP contribution in [0.4, 0.5) is 9.80 Å². The highest BCUT2D eigenvalue weighted by Crippen LogP contribution is 2.34. The molecule has 88 valence electrons. The normalized spacial score (nSPS) is 10.1. The molecule has 6 N–H and O–H groups in total. The van der Waals surface area contributed by atoms with E-state index in [1.54, 1.807) is 12.3 Å². The Morgan fingerprint density at radius 3 is 2.65 bits per heavy atom. The first kappa shape index (κ1) is 11.2. The zero-order valence-corrected chi connectivity index (χ0v) is 9.51. The standard InChI is InChI=1S/C10H10N4O2S/c11-8(15)5-4-7(6-2-1-3-13-6)17-9(5)14-10(12)16/h1-4,13H,(H2,11,15)(H3,12,14,16). The molecule has 0 saturated heterocycles. The molecule has 0 aromatic carbocycles. The molecular weight excluding hydrogens is 240 g/mol. The molecule has 2 aromatic heterocycles. The molecule has 0 bridgehead atoms. The van der Waals surface area contributed by atoms with Crippen molar-refractivity contribution in [1.29, 1.82) is 0 Å². The van der Waals surface area contributed by atoms with Crippen molar-refractivity contribution in [2.45, 2.75) is 0 Å². The fourth-order valence-electron chi connectivity index (χ4n) is 1.40. The van der Waals surface area contributed by atoms with Crippen molar-refractivity contribution < 1.29 is 9.59 Å². The van der Waals surface area contributed by atoms with Crippen molar-refractivity contribution in [3.05, 3.63) is 30.0 Å². The van der Waals surface area contributed by atoms with Gasteiger partial charge < -0.3 is 16.5 Å². The maximum absolute atomic E-state index is 11.2. The molecule has 6 nitrogen and oxygen atoms in total. The highest BCUT2D eigenvalue weighted by atomic mass is 32.1. The minimum absolute atomic E-state index is 0.249. The summed E-state index contributed by atoms with van der Waals surface area (Å²) in [5.74, 6) is -0.609. The van der Waals surface area contributed by atoms with Gasteiger partial charge in [-0.1, -0.05) is 0 Å². The lowest BCUT2D eigenvalue weighted by molar-refractivity contribution is 0.100. The van der Waals surface area contributed by atoms with Gasteiger partial charge in [-0.25, -0.2) is 4.79 Å². The predicted octanol–water partition coefficient (Wildman–Crippen LogP) is 1.33. The van der Waals surface area contributed by atoms with Crippen LogP contribution in [0.15, 0.2) is 24.4 Å². The molecule has 3 amide bonds. The number of aromatic amines is 1. The Hall–Kier alpha value is -2.28. The first-order valence-electron chi connectivity index (χ1n) is 4.72. The molecule has 0 spiro atoms. The molecule has 0 aliphatic rings. The van der Waals surface area contributed by atoms with E-state index >= 15 is 0 Å². The number of carbonyl (C=O) groups is 2. The van der Waals surface area contributed by atoms with Crippen LogP contribution in [-0.2, 0) is 0 Å². The van der Waals surface area contributed by atoms with E-state index < -0.39 is 11.9 Å². The summed E-state index contributed by atoms with van der Waals surface area (Å²) in [4.78, 5) is 25.8. The number of carbonyl (C=O) groups excluding carboxylic acids is 2. The van der Waals surface area contributed by atoms with Gasteiger partial charge in [0, 0.05) is 6.20 Å². The van der Waals surface area contributed by atoms with Gasteiger partial charge in [-0.05, 0) is 18.2 Å². The largest absolute Gasteiger partial charge is 0.366 e. The van der Waals surface area contributed by atoms with Crippen LogP contribution in [0.2, 0.25) is 0 Å². The van der Waals surface area contributed by atoms with E-state index in [4.69, 9.17) is 11.5 Å². The number of nitrogens with one attached hydrogen (secondary N) is 2. The average Bonchev–Trinajstić information content (AvgIpc) is 2.82. The fourth-order valence-corrected chi connectivity index (χ4v) is 2.45. The Labute approximate surface area is 101 Å². The van der Waals surface area contributed by atoms with Gasteiger partial charge in [0.2, 0.25) is 0 Å². The number of primary amides is 2. The molecule has 0 unspecified atom stereocenters. The SMILES string of the molecule is NC(=O)Nc1sc(-c2ccc[nH]2)cc1C(N)=O. The predicted molar refractivity (Wildman–Crippen MR) is 65.8 cm³/mol. The van der Waals surface area contributed by atoms with Crippen molar-refractivity contribution in [3.63, 3.8) is 0 Å². The van der Waals surface area contributed by atoms with Crippen molar-refractivity contribution in [2.24, 2.45) is 11.5 Å². The Balaban J connectivity index is 2.44. The lowest BCUT2D eigenvalue weighted by Gasteiger charge is -1.98. The molecule has 2 aromatic rings. The quantitative estimate of drug-likeness (QED) is 0.658. The van der Waals surface area contributed by atoms with Gasteiger partial charge in [0.05, 0.1) is 16.1 Å². The summed E-state index contributed by atoms with van der Waals surface area (Å²) in [5.41, 5.74) is 11.3. The summed E-state index contributed by atoms with van der Waals surface area (Å²) >= 11 is 1.23. The second kappa shape index (κ2) is 4.30. The Morgan fingerprint density at radius 1 is 1.35 bits per heavy atom. The Bertz CT molecular complexity index is 559. The topological polar surface area (TPSA) is 114 Å². The summed E-state index contributed by atoms with van der Waals surface area (Å²) < 4.78 is 0. The Morgan fingerprint density at radius 2 is 2.12 bits per heavy atom. The number of urea groups is 1. The number of H-pyrrole nitrogens is 1. The van der Waals surface area contributed by atoms with Crippen LogP contribution < -0.4 is 16.8 Å². The fraction of sp³-hybridized carbons (Fsp3) is 0. The van der Waals surface area contributed by atoms with E-state index in [9.17, 15) is 9.59 Å². The zero-order chi connectivity index (χ0) is 12.4. The first-order valence-corrected chi connectivity index (χ1v) is 5.53. The zero-order valence-electron chi connectivity index (χ0n) is 8.69. The smallest absolute Gasteiger partial charge is 0.317 e. The highest BCUT2D eigenvalue weighted by molar-refractivity contribution is 7.20. The van der Waals surface area contributed by atoms with Crippen LogP contribution in [0.1, 0.15) is 10.4 Å². The first-order chi connectivity index (χ1) is 8.08. The maximum Gasteiger partial charge on any atom is 0.317 e. The van der Waals surface area contributed by atoms with E-state index in [1.165, 1.54) is 11.3 Å². The number of aromatic nitrogens is 1. The molecule has 2 heterocycles. The third-order valence-electron chi connectivity index (χ3n) is 2.10. The van der Waals surface area contributed by atoms with E-state index in [0.29, 0.717) is 5.00 Å². The maximum atomic E-state index is 11.2. The van der Waals surface area contributed by atoms with Crippen molar-refractivity contribution in [1.82, 2.24) is 4.98 Å². The minimum Gasteiger partial charge on any atom is -0.366 e. The molecule has 0 aliphatic heterocycles. The molecular formula is C10H10N4O2S. The van der Waals surface area contributed by atoms with Crippen molar-refractivity contribution in [3.8, 4) is 10.6 Å². The summed E-state index contributed by atoms with van der Waals surface area (Å²) in [5, 5.41) is 2.74. The van der Waals surface area contributed by atoms with Gasteiger partial charge in [0.1, 0.15) is 5.00 Å². The number of rotatable bonds is 3. The molecule has 0 saturated carbocycles. The van der Waals surface area contributed by atoms with Crippen molar-refractivity contribution >= 4 is 28.3 Å². The van der Waals surface area contributed by atoms with Crippen LogP contribution in [0.3, 0.4) is 0 Å². The van der Waals surface area contributed by atoms with Gasteiger partial charge in [0.15, 0.2) is 0 Å². The number of thiophene rings is 1. The van der Waals surface area contributed by atoms with Crippen LogP contribution in [0, 0.1) is 0 Å². The van der Waals surface area contributed by atoms with Gasteiger partial charge in [0.25, 0.3) is 5.91 Å². The van der Waals surface area contributed by atoms with Crippen LogP contribution >= 0.6 is 11.3 Å². The molecule has 2 rings (SSSR count). The number of nitrogens with two attached hydrogens (primary N) is 2. The van der Waals surface area contributed by atoms with E-state index in [2.05, 4.69) is 10.3 Å². The molecule has 7 heteroatoms. The van der Waals surface area contributed by atoms with Crippen LogP contribution in [0.25, 0.3) is 10.6 Å². The van der Waals surface area contributed by atoms with Gasteiger partial charge in [-0.2, -0.15) is 0 Å². The molecule has 0 radical (unpaired) electrons. The minimum atomic E-state index is -0.729. The summed E-state index contributed by atoms with van der Waals surface area (Å²) in [6.07, 6.45) is 1.76. The second-order valence-corrected chi connectivity index (χ2v) is 4.34. The lowest BCUT2D eigenvalue weighted by atomic mass is 10.2. The van der Waals surface area contributed by atoms with Crippen molar-refractivity contribution in [2.75, 3.05) is 5.32 Å². The number of hydrogen-bond donors (Lipinski definition) is 4. The molecule has 0 atom stereocenters. The van der Waals surface area contributed by atoms with E-state index in [0.717, 1.165) is 10.6 Å². The Kier molecular flexibility index (Phi) is 2.84. The van der Waals surface area contributed by atoms with Gasteiger partial charge in [-0.3, -0.25) is 10.1 Å². The van der Waals surface area contributed by atoms with Gasteiger partial charge >= 0.3 is 6.03 Å². The number of amides is 3. The molecule has 17 heavy (non-hydrogen) atoms. The second-order valence-electron chi connectivity index (χ2n) is 3.29. The summed E-state index contributed by atoms with van der Waals surface area (Å²) in [6, 6.07) is 4.57. The van der Waals surface area contributed by atoms with E-state index in [-0.39, 0.29) is 5.56 Å². The summed E-state index contributed by atoms with van der Waals surface area (Å²) in [7, 11) is 0. The third kappa shape index (κ3) is 2.28.